The molecule has 0 aromatic heterocycles. The Morgan fingerprint density at radius 3 is 1.33 bits per heavy atom. The van der Waals surface area contributed by atoms with Gasteiger partial charge in [0.15, 0.2) is 29.6 Å². The number of carboxylic acid groups (broad SMARTS) is 8. The van der Waals surface area contributed by atoms with Gasteiger partial charge in [-0.25, -0.2) is 67.3 Å². The van der Waals surface area contributed by atoms with Gasteiger partial charge in [-0.1, -0.05) is 36.9 Å². The minimum absolute atomic E-state index is 0.0320. The van der Waals surface area contributed by atoms with Crippen molar-refractivity contribution in [1.29, 1.82) is 0 Å². The van der Waals surface area contributed by atoms with Gasteiger partial charge < -0.3 is 164 Å². The number of rotatable bonds is 24. The monoisotopic (exact) mass is 2040 g/mol. The number of aliphatic carboxylic acids is 7. The van der Waals surface area contributed by atoms with Crippen molar-refractivity contribution in [2.24, 2.45) is 4.99 Å². The summed E-state index contributed by atoms with van der Waals surface area (Å²) in [5.41, 5.74) is -6.05. The minimum atomic E-state index is -1.79. The average molecular weight is 2040 g/mol. The molecule has 0 bridgehead atoms. The number of guanidine groups is 1. The second kappa shape index (κ2) is 70.6. The highest BCUT2D eigenvalue weighted by Crippen LogP contribution is 2.33. The summed E-state index contributed by atoms with van der Waals surface area (Å²) in [6, 6.07) is 5.88. The molecule has 55 heteroatoms. The first-order valence-electron chi connectivity index (χ1n) is 42.5. The third-order valence-corrected chi connectivity index (χ3v) is 14.2. The van der Waals surface area contributed by atoms with E-state index < -0.39 is 210 Å². The van der Waals surface area contributed by atoms with Crippen molar-refractivity contribution in [3.8, 4) is 0 Å². The molecule has 1 aromatic rings. The highest BCUT2D eigenvalue weighted by molar-refractivity contribution is 6.01. The number of alkyl carbamates (subject to hydrolysis) is 6. The zero-order valence-corrected chi connectivity index (χ0v) is 84.2. The summed E-state index contributed by atoms with van der Waals surface area (Å²) < 4.78 is 55.5. The Morgan fingerprint density at radius 1 is 0.567 bits per heavy atom. The maximum atomic E-state index is 11.9. The van der Waals surface area contributed by atoms with Crippen molar-refractivity contribution in [2.45, 2.75) is 298 Å². The molecule has 3 heterocycles. The minimum Gasteiger partial charge on any atom is -0.483 e. The Balaban J connectivity index is -0.000000288. The number of hydrogen-bond donors (Lipinski definition) is 22. The van der Waals surface area contributed by atoms with E-state index in [-0.39, 0.29) is 76.7 Å². The number of nitrogens with zero attached hydrogens (tertiary/aromatic N) is 3. The Hall–Kier alpha value is -13.0. The number of benzene rings is 1. The number of hydrogen-bond acceptors (Lipinski definition) is 39. The van der Waals surface area contributed by atoms with Crippen LogP contribution in [0, 0.1) is 0 Å². The predicted molar refractivity (Wildman–Crippen MR) is 492 cm³/mol. The molecule has 4 aliphatic rings. The van der Waals surface area contributed by atoms with Crippen molar-refractivity contribution >= 4 is 121 Å². The molecule has 3 aliphatic heterocycles. The van der Waals surface area contributed by atoms with E-state index in [0.29, 0.717) is 25.5 Å². The molecule has 812 valence electrons. The number of carboxylic acids is 7. The van der Waals surface area contributed by atoms with Gasteiger partial charge in [0.1, 0.15) is 102 Å². The van der Waals surface area contributed by atoms with Crippen LogP contribution in [0.25, 0.3) is 0 Å². The molecule has 5 rings (SSSR count). The number of ketones is 1. The van der Waals surface area contributed by atoms with E-state index in [1.807, 2.05) is 32.2 Å². The number of aliphatic imine (C=N–C) groups is 1. The van der Waals surface area contributed by atoms with Crippen LogP contribution in [0.4, 0.5) is 38.4 Å². The van der Waals surface area contributed by atoms with E-state index in [4.69, 9.17) is 133 Å². The van der Waals surface area contributed by atoms with Crippen LogP contribution in [-0.2, 0) is 111 Å². The quantitative estimate of drug-likeness (QED) is 0.0232. The number of ether oxygens (including phenoxy) is 11. The number of amides is 8. The van der Waals surface area contributed by atoms with Crippen LogP contribution in [0.5, 0.6) is 0 Å². The number of morpholine rings is 1. The Kier molecular flexibility index (Phi) is 70.5. The molecule has 0 spiro atoms. The summed E-state index contributed by atoms with van der Waals surface area (Å²) in [6.45, 7) is 44.8. The van der Waals surface area contributed by atoms with E-state index in [1.165, 1.54) is 23.6 Å². The lowest BCUT2D eigenvalue weighted by Gasteiger charge is -2.41. The van der Waals surface area contributed by atoms with E-state index in [2.05, 4.69) is 43.5 Å². The highest BCUT2D eigenvalue weighted by Gasteiger charge is 2.50. The van der Waals surface area contributed by atoms with Gasteiger partial charge in [0.25, 0.3) is 6.47 Å². The van der Waals surface area contributed by atoms with Crippen molar-refractivity contribution in [3.63, 3.8) is 0 Å². The smallest absolute Gasteiger partial charge is 0.414 e. The Morgan fingerprint density at radius 2 is 0.986 bits per heavy atom. The van der Waals surface area contributed by atoms with Crippen LogP contribution in [0.15, 0.2) is 47.7 Å². The summed E-state index contributed by atoms with van der Waals surface area (Å²) in [5.74, 6) is -9.09. The summed E-state index contributed by atoms with van der Waals surface area (Å²) >= 11 is 0. The molecule has 5 unspecified atom stereocenters. The molecule has 22 N–H and O–H groups in total. The van der Waals surface area contributed by atoms with Crippen LogP contribution >= 0.6 is 0 Å². The molecule has 4 fully saturated rings. The molecule has 1 aliphatic carbocycles. The lowest BCUT2D eigenvalue weighted by molar-refractivity contribution is -0.170. The molecule has 141 heavy (non-hydrogen) atoms. The number of carbonyl (C=O) groups is 19. The fraction of sp³-hybridized carbons (Fsp3) is 0.674. The number of epoxide rings is 1. The van der Waals surface area contributed by atoms with Gasteiger partial charge in [-0.3, -0.25) is 40.0 Å². The molecule has 1 aromatic carbocycles. The van der Waals surface area contributed by atoms with Crippen molar-refractivity contribution in [2.75, 3.05) is 79.0 Å². The van der Waals surface area contributed by atoms with E-state index >= 15 is 0 Å². The van der Waals surface area contributed by atoms with E-state index in [0.717, 1.165) is 24.9 Å². The molecule has 0 radical (unpaired) electrons. The number of nitrogens with one attached hydrogen (secondary N) is 7. The summed E-state index contributed by atoms with van der Waals surface area (Å²) in [7, 11) is 0. The summed E-state index contributed by atoms with van der Waals surface area (Å²) in [5, 5.41) is 140. The molecular formula is C86H148N10O45. The first-order valence-corrected chi connectivity index (χ1v) is 42.5. The van der Waals surface area contributed by atoms with E-state index in [9.17, 15) is 86.9 Å². The largest absolute Gasteiger partial charge is 0.483 e. The van der Waals surface area contributed by atoms with Crippen LogP contribution in [0.1, 0.15) is 204 Å². The second-order valence-corrected chi connectivity index (χ2v) is 36.2. The van der Waals surface area contributed by atoms with Gasteiger partial charge in [0.2, 0.25) is 5.96 Å². The molecule has 1 saturated carbocycles. The summed E-state index contributed by atoms with van der Waals surface area (Å²) in [4.78, 5) is 207. The Labute approximate surface area is 815 Å². The van der Waals surface area contributed by atoms with Gasteiger partial charge >= 0.3 is 90.5 Å². The number of aliphatic hydroxyl groups is 7. The zero-order valence-electron chi connectivity index (χ0n) is 84.2. The van der Waals surface area contributed by atoms with Gasteiger partial charge in [0.05, 0.1) is 58.6 Å². The topological polar surface area (TPSA) is 836 Å². The van der Waals surface area contributed by atoms with Crippen LogP contribution < -0.4 is 37.2 Å². The van der Waals surface area contributed by atoms with Crippen LogP contribution in [0.2, 0.25) is 0 Å². The third-order valence-electron chi connectivity index (χ3n) is 14.2. The van der Waals surface area contributed by atoms with Crippen molar-refractivity contribution in [3.05, 3.63) is 48.3 Å². The first-order chi connectivity index (χ1) is 64.2. The maximum absolute atomic E-state index is 11.9. The lowest BCUT2D eigenvalue weighted by atomic mass is 9.76. The third kappa shape index (κ3) is 85.9. The lowest BCUT2D eigenvalue weighted by Crippen LogP contribution is -2.58. The summed E-state index contributed by atoms with van der Waals surface area (Å²) in [6.07, 6.45) is -5.52. The first kappa shape index (κ1) is 141. The van der Waals surface area contributed by atoms with Gasteiger partial charge in [-0.15, -0.1) is 0 Å². The molecular weight excluding hydrogens is 1890 g/mol. The van der Waals surface area contributed by atoms with Gasteiger partial charge in [0, 0.05) is 32.0 Å². The average Bonchev–Trinajstić information content (AvgIpc) is 0.975. The predicted octanol–water partition coefficient (Wildman–Crippen LogP) is 3.26. The Bertz CT molecular complexity index is 3990. The van der Waals surface area contributed by atoms with Crippen LogP contribution in [-0.4, -0.2) is 380 Å². The molecule has 6 atom stereocenters. The molecule has 55 nitrogen and oxygen atoms in total. The number of Topliss-reactive ketones (excluding diaryl/α,β-unsaturated/α-hetero) is 1. The molecule has 8 amide bonds. The fourth-order valence-corrected chi connectivity index (χ4v) is 8.47. The van der Waals surface area contributed by atoms with Crippen molar-refractivity contribution in [1.82, 2.24) is 47.0 Å². The SMILES string of the molecule is C=C(NC(=O)OC(C)(C)C)NC1CC(O)(C(=O)O)C1.CC(C)(C)OC(=O)N1C(C=O)COC1(C)C.CC(C)(C)OC(=O)N1CCOC(C(=O)O)C1.CC(C)(C)OC(=O)NC(=NCC(O)C(=O)O)NC(=O)OC(C)(C)C.CC(C)(C)OC(=O)NCCC1CO1.CC(NC(=O)OC(C)(C)C)C(=O)O.CC=O.O=C(CO)CO.O=C(N[C@@H](CO)C(=O)O)OCc1ccccc1.O=C(O)CCO.O=C(O)CO.O=CO. The zero-order chi connectivity index (χ0) is 112. The normalized spacial score (nSPS) is 16.6. The number of aldehydes is 2. The van der Waals surface area contributed by atoms with Gasteiger partial charge in [-0.05, 0) is 185 Å². The van der Waals surface area contributed by atoms with Crippen LogP contribution in [0.3, 0.4) is 0 Å². The maximum Gasteiger partial charge on any atom is 0.414 e. The number of carbonyl (C=O) groups excluding carboxylic acids is 11. The standard InChI is InChI=1S/C14H25N3O7.C12H20N2O5.C11H13NO5.C11H19NO4.C10H17NO5.C9H17NO3.C8H15NO4.2C3H6O3.C2H4O3.C2H4O.CH2O2/c1-13(2,3)23-11(21)16-10(15-7-8(18)9(19)20)17-12(22)24-14(4,5)6;1-7(14-10(17)19-11(2,3)4)13-8-5-12(18,6-8)9(15)16;13-6-9(10(14)15)12-11(16)17-7-8-4-2-1-3-5-8;1-10(2,3)16-9(14)12-8(6-13)7-15-11(12,4)5;1-10(2,3)16-9(14)11-4-5-15-7(6-11)8(12)13;1-9(2,3)13-8(11)10-5-4-7-6-12-7;1-5(6(10)11)9-7(12)13-8(2,3)4;4-1-3(6)2-5;4-2-1-3(5)6;3-1-2(4)5;1-2-3;2-1-3/h8,18H,7H2,1-6H3,(H,19,20)(H2,15,16,17,21,22);8,13,18H,1,5-6H2,2-4H3,(H,14,17)(H,15,16);1-5,9,13H,6-7H2,(H,12,16)(H,14,15);6,8H,7H2,1-5H3;7H,4-6H2,1-3H3,(H,12,13);7H,4-6H2,1-3H3,(H,10,11);5H,1-4H3,(H,9,12)(H,10,11);4-5H,1-2H2;4H,1-2H2,(H,5,6);3H,1H2,(H,4,5);2H,1H3;1H,(H,2,3)/t;;9-;;;;;;;;;/m..0........./s1. The van der Waals surface area contributed by atoms with E-state index in [1.54, 1.807) is 163 Å². The van der Waals surface area contributed by atoms with Gasteiger partial charge in [-0.2, -0.15) is 0 Å². The molecule has 3 saturated heterocycles. The highest BCUT2D eigenvalue weighted by atomic mass is 16.6. The number of aliphatic hydroxyl groups excluding tert-OH is 6. The van der Waals surface area contributed by atoms with Crippen molar-refractivity contribution < 1.29 is 220 Å². The fourth-order valence-electron chi connectivity index (χ4n) is 8.47. The second-order valence-electron chi connectivity index (χ2n) is 36.2.